The van der Waals surface area contributed by atoms with E-state index in [-0.39, 0.29) is 18.9 Å². The minimum absolute atomic E-state index is 0.162. The van der Waals surface area contributed by atoms with Crippen LogP contribution in [-0.4, -0.2) is 29.8 Å². The number of rotatable bonds is 5. The summed E-state index contributed by atoms with van der Waals surface area (Å²) in [6.07, 6.45) is -0.162. The Hall–Kier alpha value is -1.34. The van der Waals surface area contributed by atoms with Crippen molar-refractivity contribution in [3.05, 3.63) is 22.6 Å². The Morgan fingerprint density at radius 2 is 2.18 bits per heavy atom. The number of furan rings is 1. The molecule has 0 aliphatic carbocycles. The van der Waals surface area contributed by atoms with Crippen molar-refractivity contribution in [2.75, 3.05) is 7.05 Å². The van der Waals surface area contributed by atoms with Crippen molar-refractivity contribution in [3.8, 4) is 0 Å². The molecule has 0 saturated heterocycles. The van der Waals surface area contributed by atoms with Gasteiger partial charge in [0.25, 0.3) is 0 Å². The van der Waals surface area contributed by atoms with Crippen molar-refractivity contribution >= 4 is 27.7 Å². The molecule has 4 N–H and O–H groups in total. The Bertz CT molecular complexity index is 419. The van der Waals surface area contributed by atoms with Crippen molar-refractivity contribution in [2.24, 2.45) is 11.5 Å². The molecule has 6 nitrogen and oxygen atoms in total. The highest BCUT2D eigenvalue weighted by molar-refractivity contribution is 9.10. The molecule has 0 aromatic carbocycles. The SMILES string of the molecule is CN(Cc1ccc(Br)o1)C(=O)C(N)CC(N)=O. The molecule has 1 heterocycles. The summed E-state index contributed by atoms with van der Waals surface area (Å²) < 4.78 is 5.85. The first kappa shape index (κ1) is 13.7. The molecule has 2 amide bonds. The van der Waals surface area contributed by atoms with Gasteiger partial charge < -0.3 is 20.8 Å². The van der Waals surface area contributed by atoms with Crippen molar-refractivity contribution in [1.82, 2.24) is 4.90 Å². The Labute approximate surface area is 107 Å². The Morgan fingerprint density at radius 1 is 1.53 bits per heavy atom. The highest BCUT2D eigenvalue weighted by Crippen LogP contribution is 2.15. The Morgan fingerprint density at radius 3 is 2.65 bits per heavy atom. The molecule has 0 fully saturated rings. The number of likely N-dealkylation sites (N-methyl/N-ethyl adjacent to an activating group) is 1. The highest BCUT2D eigenvalue weighted by atomic mass is 79.9. The van der Waals surface area contributed by atoms with Crippen LogP contribution in [0.4, 0.5) is 0 Å². The largest absolute Gasteiger partial charge is 0.452 e. The molecule has 1 unspecified atom stereocenters. The summed E-state index contributed by atoms with van der Waals surface area (Å²) in [6, 6.07) is 2.57. The fraction of sp³-hybridized carbons (Fsp3) is 0.400. The molecule has 1 rings (SSSR count). The van der Waals surface area contributed by atoms with Crippen molar-refractivity contribution in [3.63, 3.8) is 0 Å². The van der Waals surface area contributed by atoms with Crippen LogP contribution < -0.4 is 11.5 Å². The van der Waals surface area contributed by atoms with Crippen molar-refractivity contribution in [2.45, 2.75) is 19.0 Å². The molecule has 7 heteroatoms. The lowest BCUT2D eigenvalue weighted by Crippen LogP contribution is -2.43. The van der Waals surface area contributed by atoms with E-state index in [0.717, 1.165) is 0 Å². The monoisotopic (exact) mass is 303 g/mol. The van der Waals surface area contributed by atoms with Gasteiger partial charge in [-0.1, -0.05) is 0 Å². The second-order valence-electron chi connectivity index (χ2n) is 3.68. The summed E-state index contributed by atoms with van der Waals surface area (Å²) in [4.78, 5) is 23.8. The molecule has 0 aliphatic rings. The summed E-state index contributed by atoms with van der Waals surface area (Å²) in [5, 5.41) is 0. The smallest absolute Gasteiger partial charge is 0.240 e. The summed E-state index contributed by atoms with van der Waals surface area (Å²) in [7, 11) is 1.58. The maximum absolute atomic E-state index is 11.7. The van der Waals surface area contributed by atoms with Crippen LogP contribution >= 0.6 is 15.9 Å². The fourth-order valence-electron chi connectivity index (χ4n) is 1.34. The number of nitrogens with zero attached hydrogens (tertiary/aromatic N) is 1. The predicted octanol–water partition coefficient (Wildman–Crippen LogP) is 0.203. The lowest BCUT2D eigenvalue weighted by Gasteiger charge is -2.19. The van der Waals surface area contributed by atoms with Gasteiger partial charge in [0.15, 0.2) is 4.67 Å². The number of carbonyl (C=O) groups is 2. The molecule has 1 aromatic rings. The second kappa shape index (κ2) is 5.83. The van der Waals surface area contributed by atoms with E-state index in [0.29, 0.717) is 10.4 Å². The summed E-state index contributed by atoms with van der Waals surface area (Å²) >= 11 is 3.16. The van der Waals surface area contributed by atoms with Crippen molar-refractivity contribution in [1.29, 1.82) is 0 Å². The highest BCUT2D eigenvalue weighted by Gasteiger charge is 2.20. The number of hydrogen-bond donors (Lipinski definition) is 2. The lowest BCUT2D eigenvalue weighted by molar-refractivity contribution is -0.134. The van der Waals surface area contributed by atoms with Gasteiger partial charge in [-0.2, -0.15) is 0 Å². The molecule has 17 heavy (non-hydrogen) atoms. The van der Waals surface area contributed by atoms with Crippen LogP contribution in [0.3, 0.4) is 0 Å². The molecule has 0 bridgehead atoms. The lowest BCUT2D eigenvalue weighted by atomic mass is 10.2. The molecule has 94 valence electrons. The van der Waals surface area contributed by atoms with Gasteiger partial charge in [-0.05, 0) is 28.1 Å². The number of amides is 2. The van der Waals surface area contributed by atoms with Crippen LogP contribution in [0.2, 0.25) is 0 Å². The zero-order valence-corrected chi connectivity index (χ0v) is 10.9. The van der Waals surface area contributed by atoms with Gasteiger partial charge in [0, 0.05) is 7.05 Å². The minimum Gasteiger partial charge on any atom is -0.452 e. The van der Waals surface area contributed by atoms with Crippen LogP contribution in [0.25, 0.3) is 0 Å². The first-order valence-electron chi connectivity index (χ1n) is 4.93. The van der Waals surface area contributed by atoms with E-state index < -0.39 is 11.9 Å². The number of hydrogen-bond acceptors (Lipinski definition) is 4. The van der Waals surface area contributed by atoms with E-state index in [1.807, 2.05) is 0 Å². The van der Waals surface area contributed by atoms with E-state index in [9.17, 15) is 9.59 Å². The van der Waals surface area contributed by atoms with E-state index in [4.69, 9.17) is 15.9 Å². The maximum atomic E-state index is 11.7. The minimum atomic E-state index is -0.907. The summed E-state index contributed by atoms with van der Waals surface area (Å²) in [5.41, 5.74) is 10.5. The van der Waals surface area contributed by atoms with E-state index in [2.05, 4.69) is 15.9 Å². The van der Waals surface area contributed by atoms with Gasteiger partial charge in [-0.3, -0.25) is 9.59 Å². The third-order valence-electron chi connectivity index (χ3n) is 2.14. The van der Waals surface area contributed by atoms with Crippen LogP contribution in [0, 0.1) is 0 Å². The molecule has 0 saturated carbocycles. The van der Waals surface area contributed by atoms with Gasteiger partial charge in [0.1, 0.15) is 5.76 Å². The Balaban J connectivity index is 2.55. The van der Waals surface area contributed by atoms with E-state index in [1.165, 1.54) is 4.90 Å². The standard InChI is InChI=1S/C10H14BrN3O3/c1-14(5-6-2-3-8(11)17-6)10(16)7(12)4-9(13)15/h2-3,7H,4-5,12H2,1H3,(H2,13,15). The molecule has 0 spiro atoms. The molecule has 1 atom stereocenters. The number of halogens is 1. The van der Waals surface area contributed by atoms with Gasteiger partial charge in [-0.25, -0.2) is 0 Å². The zero-order valence-electron chi connectivity index (χ0n) is 9.35. The van der Waals surface area contributed by atoms with Gasteiger partial charge in [0.05, 0.1) is 19.0 Å². The number of nitrogens with two attached hydrogens (primary N) is 2. The van der Waals surface area contributed by atoms with Crippen molar-refractivity contribution < 1.29 is 14.0 Å². The third-order valence-corrected chi connectivity index (χ3v) is 2.56. The van der Waals surface area contributed by atoms with Gasteiger partial charge >= 0.3 is 0 Å². The average molecular weight is 304 g/mol. The van der Waals surface area contributed by atoms with Gasteiger partial charge in [-0.15, -0.1) is 0 Å². The van der Waals surface area contributed by atoms with Crippen LogP contribution in [-0.2, 0) is 16.1 Å². The Kier molecular flexibility index (Phi) is 4.71. The van der Waals surface area contributed by atoms with Crippen LogP contribution in [0.15, 0.2) is 21.2 Å². The van der Waals surface area contributed by atoms with Crippen LogP contribution in [0.5, 0.6) is 0 Å². The molecular weight excluding hydrogens is 290 g/mol. The van der Waals surface area contributed by atoms with Gasteiger partial charge in [0.2, 0.25) is 11.8 Å². The summed E-state index contributed by atoms with van der Waals surface area (Å²) in [6.45, 7) is 0.289. The molecule has 1 aromatic heterocycles. The van der Waals surface area contributed by atoms with E-state index in [1.54, 1.807) is 19.2 Å². The average Bonchev–Trinajstić information content (AvgIpc) is 2.61. The topological polar surface area (TPSA) is 103 Å². The first-order chi connectivity index (χ1) is 7.90. The molecule has 0 aliphatic heterocycles. The first-order valence-corrected chi connectivity index (χ1v) is 5.72. The van der Waals surface area contributed by atoms with E-state index >= 15 is 0 Å². The fourth-order valence-corrected chi connectivity index (χ4v) is 1.68. The second-order valence-corrected chi connectivity index (χ2v) is 4.46. The predicted molar refractivity (Wildman–Crippen MR) is 64.7 cm³/mol. The quantitative estimate of drug-likeness (QED) is 0.811. The zero-order chi connectivity index (χ0) is 13.0. The van der Waals surface area contributed by atoms with Crippen LogP contribution in [0.1, 0.15) is 12.2 Å². The normalized spacial score (nSPS) is 12.2. The number of primary amides is 1. The summed E-state index contributed by atoms with van der Waals surface area (Å²) in [5.74, 6) is -0.324. The third kappa shape index (κ3) is 4.20. The maximum Gasteiger partial charge on any atom is 0.240 e. The molecular formula is C10H14BrN3O3. The molecule has 0 radical (unpaired) electrons. The number of carbonyl (C=O) groups excluding carboxylic acids is 2.